The average molecular weight is 329 g/mol. The van der Waals surface area contributed by atoms with E-state index in [-0.39, 0.29) is 11.7 Å². The van der Waals surface area contributed by atoms with Crippen molar-refractivity contribution in [3.63, 3.8) is 0 Å². The molecule has 5 rings (SSSR count). The van der Waals surface area contributed by atoms with Crippen LogP contribution >= 0.6 is 0 Å². The van der Waals surface area contributed by atoms with E-state index in [0.717, 1.165) is 29.6 Å². The Balaban J connectivity index is 1.56. The fourth-order valence-corrected chi connectivity index (χ4v) is 3.54. The van der Waals surface area contributed by atoms with Gasteiger partial charge in [0.25, 0.3) is 11.7 Å². The lowest BCUT2D eigenvalue weighted by Crippen LogP contribution is -2.14. The van der Waals surface area contributed by atoms with Gasteiger partial charge in [0.1, 0.15) is 0 Å². The van der Waals surface area contributed by atoms with Crippen LogP contribution in [0.1, 0.15) is 27.4 Å². The Labute approximate surface area is 143 Å². The number of aryl methyl sites for hydroxylation is 3. The van der Waals surface area contributed by atoms with Crippen molar-refractivity contribution in [2.75, 3.05) is 5.32 Å². The van der Waals surface area contributed by atoms with Gasteiger partial charge in [0, 0.05) is 23.0 Å². The van der Waals surface area contributed by atoms with Gasteiger partial charge in [0.05, 0.1) is 0 Å². The van der Waals surface area contributed by atoms with Crippen molar-refractivity contribution < 1.29 is 4.79 Å². The maximum Gasteiger partial charge on any atom is 0.295 e. The fraction of sp³-hybridized carbons (Fsp3) is 0.158. The predicted molar refractivity (Wildman–Crippen MR) is 94.8 cm³/mol. The maximum atomic E-state index is 12.6. The number of anilines is 1. The summed E-state index contributed by atoms with van der Waals surface area (Å²) in [6.07, 6.45) is 3.77. The zero-order chi connectivity index (χ0) is 17.0. The number of amides is 1. The maximum absolute atomic E-state index is 12.6. The Bertz CT molecular complexity index is 1150. The van der Waals surface area contributed by atoms with Gasteiger partial charge in [-0.15, -0.1) is 5.10 Å². The average Bonchev–Trinajstić information content (AvgIpc) is 3.24. The zero-order valence-electron chi connectivity index (χ0n) is 13.7. The molecule has 122 valence electrons. The molecule has 0 bridgehead atoms. The molecule has 0 saturated carbocycles. The van der Waals surface area contributed by atoms with Gasteiger partial charge in [0.2, 0.25) is 5.82 Å². The van der Waals surface area contributed by atoms with Crippen LogP contribution in [0.25, 0.3) is 16.6 Å². The number of rotatable bonds is 2. The molecule has 0 saturated heterocycles. The minimum atomic E-state index is -0.330. The molecule has 6 nitrogen and oxygen atoms in total. The van der Waals surface area contributed by atoms with Crippen LogP contribution in [0.2, 0.25) is 0 Å². The molecule has 2 aromatic carbocycles. The summed E-state index contributed by atoms with van der Waals surface area (Å²) in [5, 5.41) is 9.56. The first-order valence-electron chi connectivity index (χ1n) is 8.24. The Morgan fingerprint density at radius 1 is 1.12 bits per heavy atom. The molecular weight excluding hydrogens is 314 g/mol. The number of benzene rings is 2. The first kappa shape index (κ1) is 14.1. The molecule has 0 atom stereocenters. The van der Waals surface area contributed by atoms with Crippen LogP contribution in [0, 0.1) is 6.92 Å². The lowest BCUT2D eigenvalue weighted by atomic mass is 10.0. The van der Waals surface area contributed by atoms with Crippen molar-refractivity contribution in [3.05, 3.63) is 65.2 Å². The van der Waals surface area contributed by atoms with E-state index < -0.39 is 0 Å². The third kappa shape index (κ3) is 2.11. The normalized spacial score (nSPS) is 12.8. The summed E-state index contributed by atoms with van der Waals surface area (Å²) < 4.78 is 1.57. The molecule has 25 heavy (non-hydrogen) atoms. The Kier molecular flexibility index (Phi) is 2.88. The largest absolute Gasteiger partial charge is 0.319 e. The van der Waals surface area contributed by atoms with Crippen molar-refractivity contribution in [2.45, 2.75) is 19.8 Å². The van der Waals surface area contributed by atoms with Gasteiger partial charge in [-0.05, 0) is 48.4 Å². The molecule has 2 heterocycles. The molecule has 0 fully saturated rings. The van der Waals surface area contributed by atoms with E-state index in [2.05, 4.69) is 32.5 Å². The van der Waals surface area contributed by atoms with E-state index in [9.17, 15) is 4.79 Å². The van der Waals surface area contributed by atoms with Crippen LogP contribution in [0.4, 0.5) is 5.69 Å². The van der Waals surface area contributed by atoms with E-state index in [1.54, 1.807) is 10.7 Å². The van der Waals surface area contributed by atoms with Crippen LogP contribution in [0.5, 0.6) is 0 Å². The predicted octanol–water partition coefficient (Wildman–Crippen LogP) is 2.94. The second-order valence-electron chi connectivity index (χ2n) is 6.30. The first-order valence-corrected chi connectivity index (χ1v) is 8.24. The van der Waals surface area contributed by atoms with Crippen molar-refractivity contribution in [3.8, 4) is 0 Å². The molecule has 2 aromatic heterocycles. The summed E-state index contributed by atoms with van der Waals surface area (Å²) in [5.74, 6) is 0.208. The second-order valence-corrected chi connectivity index (χ2v) is 6.30. The minimum absolute atomic E-state index is 0.116. The lowest BCUT2D eigenvalue weighted by Gasteiger charge is -2.09. The van der Waals surface area contributed by atoms with Crippen LogP contribution in [0.15, 0.2) is 42.6 Å². The Morgan fingerprint density at radius 2 is 1.96 bits per heavy atom. The monoisotopic (exact) mass is 329 g/mol. The highest BCUT2D eigenvalue weighted by Gasteiger charge is 2.19. The van der Waals surface area contributed by atoms with Crippen molar-refractivity contribution >= 4 is 28.1 Å². The lowest BCUT2D eigenvalue weighted by molar-refractivity contribution is 0.101. The Hall–Kier alpha value is -3.28. The first-order chi connectivity index (χ1) is 12.2. The van der Waals surface area contributed by atoms with Gasteiger partial charge in [-0.2, -0.15) is 4.98 Å². The molecule has 4 aromatic rings. The van der Waals surface area contributed by atoms with Gasteiger partial charge < -0.3 is 5.32 Å². The summed E-state index contributed by atoms with van der Waals surface area (Å²) in [6.45, 7) is 1.90. The van der Waals surface area contributed by atoms with E-state index in [0.29, 0.717) is 5.78 Å². The molecule has 0 unspecified atom stereocenters. The van der Waals surface area contributed by atoms with Crippen LogP contribution in [0.3, 0.4) is 0 Å². The molecule has 1 aliphatic carbocycles. The highest BCUT2D eigenvalue weighted by molar-refractivity contribution is 6.09. The zero-order valence-corrected chi connectivity index (χ0v) is 13.7. The molecule has 0 radical (unpaired) electrons. The quantitative estimate of drug-likeness (QED) is 0.614. The van der Waals surface area contributed by atoms with Crippen LogP contribution in [-0.4, -0.2) is 25.5 Å². The second kappa shape index (κ2) is 5.11. The van der Waals surface area contributed by atoms with Gasteiger partial charge >= 0.3 is 0 Å². The number of aromatic nitrogens is 4. The number of nitrogens with one attached hydrogen (secondary N) is 1. The Morgan fingerprint density at radius 3 is 2.80 bits per heavy atom. The molecular formula is C19H15N5O. The van der Waals surface area contributed by atoms with Gasteiger partial charge in [-0.25, -0.2) is 9.50 Å². The number of carbonyl (C=O) groups is 1. The van der Waals surface area contributed by atoms with E-state index in [4.69, 9.17) is 0 Å². The van der Waals surface area contributed by atoms with Gasteiger partial charge in [-0.1, -0.05) is 24.3 Å². The van der Waals surface area contributed by atoms with Crippen molar-refractivity contribution in [1.29, 1.82) is 0 Å². The fourth-order valence-electron chi connectivity index (χ4n) is 3.54. The number of nitrogens with zero attached hydrogens (tertiary/aromatic N) is 4. The molecule has 1 amide bonds. The van der Waals surface area contributed by atoms with Gasteiger partial charge in [0.15, 0.2) is 0 Å². The van der Waals surface area contributed by atoms with Gasteiger partial charge in [-0.3, -0.25) is 4.79 Å². The summed E-state index contributed by atoms with van der Waals surface area (Å²) in [5.41, 5.74) is 4.35. The van der Waals surface area contributed by atoms with Crippen molar-refractivity contribution in [2.24, 2.45) is 0 Å². The highest BCUT2D eigenvalue weighted by atomic mass is 16.2. The molecule has 0 aliphatic heterocycles. The smallest absolute Gasteiger partial charge is 0.295 e. The van der Waals surface area contributed by atoms with Crippen LogP contribution in [-0.2, 0) is 12.8 Å². The minimum Gasteiger partial charge on any atom is -0.319 e. The third-order valence-corrected chi connectivity index (χ3v) is 4.76. The summed E-state index contributed by atoms with van der Waals surface area (Å²) in [4.78, 5) is 21.0. The van der Waals surface area contributed by atoms with Crippen molar-refractivity contribution in [1.82, 2.24) is 19.6 Å². The SMILES string of the molecule is Cc1ccnc2nc(C(=O)Nc3ccc4c5c(cccc35)CC4)nn12. The number of fused-ring (bicyclic) bond motifs is 1. The number of hydrogen-bond donors (Lipinski definition) is 1. The number of hydrogen-bond acceptors (Lipinski definition) is 4. The topological polar surface area (TPSA) is 72.2 Å². The summed E-state index contributed by atoms with van der Waals surface area (Å²) in [6, 6.07) is 12.1. The molecule has 0 spiro atoms. The van der Waals surface area contributed by atoms with Crippen LogP contribution < -0.4 is 5.32 Å². The third-order valence-electron chi connectivity index (χ3n) is 4.76. The molecule has 1 N–H and O–H groups in total. The number of carbonyl (C=O) groups excluding carboxylic acids is 1. The summed E-state index contributed by atoms with van der Waals surface area (Å²) >= 11 is 0. The van der Waals surface area contributed by atoms with E-state index in [1.165, 1.54) is 16.5 Å². The van der Waals surface area contributed by atoms with E-state index in [1.807, 2.05) is 31.2 Å². The molecule has 1 aliphatic rings. The van der Waals surface area contributed by atoms with E-state index >= 15 is 0 Å². The summed E-state index contributed by atoms with van der Waals surface area (Å²) in [7, 11) is 0. The highest BCUT2D eigenvalue weighted by Crippen LogP contribution is 2.35. The standard InChI is InChI=1S/C19H15N5O/c1-11-9-10-20-19-22-17(23-24(11)19)18(25)21-15-8-7-13-6-5-12-3-2-4-14(15)16(12)13/h2-4,7-10H,5-6H2,1H3,(H,21,25). The molecule has 6 heteroatoms.